The van der Waals surface area contributed by atoms with Crippen LogP contribution in [0.25, 0.3) is 5.69 Å². The van der Waals surface area contributed by atoms with E-state index in [4.69, 9.17) is 16.3 Å². The predicted molar refractivity (Wildman–Crippen MR) is 77.3 cm³/mol. The lowest BCUT2D eigenvalue weighted by Crippen LogP contribution is -2.21. The molecule has 0 aliphatic heterocycles. The first-order valence-electron chi connectivity index (χ1n) is 6.43. The summed E-state index contributed by atoms with van der Waals surface area (Å²) in [7, 11) is 1.61. The van der Waals surface area contributed by atoms with E-state index in [1.807, 2.05) is 6.07 Å². The van der Waals surface area contributed by atoms with Crippen molar-refractivity contribution in [2.45, 2.75) is 20.4 Å². The monoisotopic (exact) mass is 295 g/mol. The van der Waals surface area contributed by atoms with Crippen LogP contribution in [0.3, 0.4) is 0 Å². The van der Waals surface area contributed by atoms with Crippen molar-refractivity contribution in [3.8, 4) is 11.4 Å². The highest BCUT2D eigenvalue weighted by Crippen LogP contribution is 2.25. The number of tetrazole rings is 1. The highest BCUT2D eigenvalue weighted by Gasteiger charge is 2.12. The number of halogens is 1. The first-order chi connectivity index (χ1) is 9.61. The maximum absolute atomic E-state index is 6.21. The summed E-state index contributed by atoms with van der Waals surface area (Å²) in [6, 6.07) is 5.38. The van der Waals surface area contributed by atoms with Crippen LogP contribution < -0.4 is 10.1 Å². The van der Waals surface area contributed by atoms with Gasteiger partial charge in [0.1, 0.15) is 5.75 Å². The molecule has 2 aromatic rings. The van der Waals surface area contributed by atoms with Crippen molar-refractivity contribution in [3.63, 3.8) is 0 Å². The summed E-state index contributed by atoms with van der Waals surface area (Å²) in [4.78, 5) is 0. The third-order valence-electron chi connectivity index (χ3n) is 2.75. The summed E-state index contributed by atoms with van der Waals surface area (Å²) < 4.78 is 6.83. The molecule has 0 aliphatic carbocycles. The van der Waals surface area contributed by atoms with Gasteiger partial charge in [-0.05, 0) is 35.0 Å². The molecule has 0 amide bonds. The Hall–Kier alpha value is -1.66. The largest absolute Gasteiger partial charge is 0.497 e. The molecule has 1 aromatic carbocycles. The van der Waals surface area contributed by atoms with E-state index in [1.54, 1.807) is 23.9 Å². The van der Waals surface area contributed by atoms with Crippen molar-refractivity contribution in [1.82, 2.24) is 25.5 Å². The van der Waals surface area contributed by atoms with Crippen LogP contribution in [-0.4, -0.2) is 33.9 Å². The standard InChI is InChI=1S/C13H18ClN5O/c1-9(2)7-15-8-13-16-17-18-19(13)12-6-10(20-3)4-5-11(12)14/h4-6,9,15H,7-8H2,1-3H3. The topological polar surface area (TPSA) is 64.9 Å². The minimum Gasteiger partial charge on any atom is -0.497 e. The van der Waals surface area contributed by atoms with Crippen molar-refractivity contribution in [2.75, 3.05) is 13.7 Å². The quantitative estimate of drug-likeness (QED) is 0.884. The molecule has 6 nitrogen and oxygen atoms in total. The fourth-order valence-electron chi connectivity index (χ4n) is 1.76. The van der Waals surface area contributed by atoms with E-state index in [9.17, 15) is 0 Å². The molecule has 0 aliphatic rings. The van der Waals surface area contributed by atoms with Crippen molar-refractivity contribution in [2.24, 2.45) is 5.92 Å². The van der Waals surface area contributed by atoms with Crippen molar-refractivity contribution in [3.05, 3.63) is 29.0 Å². The molecule has 0 unspecified atom stereocenters. The lowest BCUT2D eigenvalue weighted by Gasteiger charge is -2.10. The Morgan fingerprint density at radius 1 is 1.40 bits per heavy atom. The smallest absolute Gasteiger partial charge is 0.170 e. The van der Waals surface area contributed by atoms with Crippen molar-refractivity contribution >= 4 is 11.6 Å². The molecule has 108 valence electrons. The number of nitrogens with one attached hydrogen (secondary N) is 1. The summed E-state index contributed by atoms with van der Waals surface area (Å²) in [5.74, 6) is 1.99. The number of benzene rings is 1. The van der Waals surface area contributed by atoms with Crippen LogP contribution in [0.1, 0.15) is 19.7 Å². The minimum atomic E-state index is 0.569. The molecule has 0 fully saturated rings. The van der Waals surface area contributed by atoms with E-state index in [2.05, 4.69) is 34.7 Å². The molecule has 0 saturated carbocycles. The molecule has 1 heterocycles. The Morgan fingerprint density at radius 3 is 2.90 bits per heavy atom. The number of hydrogen-bond acceptors (Lipinski definition) is 5. The van der Waals surface area contributed by atoms with Crippen LogP contribution in [-0.2, 0) is 6.54 Å². The number of nitrogens with zero attached hydrogens (tertiary/aromatic N) is 4. The Kier molecular flexibility index (Phi) is 4.92. The second kappa shape index (κ2) is 6.67. The molecule has 0 saturated heterocycles. The fraction of sp³-hybridized carbons (Fsp3) is 0.462. The molecule has 7 heteroatoms. The molecule has 20 heavy (non-hydrogen) atoms. The number of hydrogen-bond donors (Lipinski definition) is 1. The molecule has 0 atom stereocenters. The Labute approximate surface area is 123 Å². The van der Waals surface area contributed by atoms with E-state index in [-0.39, 0.29) is 0 Å². The second-order valence-corrected chi connectivity index (χ2v) is 5.26. The fourth-order valence-corrected chi connectivity index (χ4v) is 1.96. The summed E-state index contributed by atoms with van der Waals surface area (Å²) in [6.07, 6.45) is 0. The summed E-state index contributed by atoms with van der Waals surface area (Å²) in [5, 5.41) is 15.6. The Balaban J connectivity index is 2.23. The van der Waals surface area contributed by atoms with Gasteiger partial charge in [0.25, 0.3) is 0 Å². The lowest BCUT2D eigenvalue weighted by molar-refractivity contribution is 0.414. The second-order valence-electron chi connectivity index (χ2n) is 4.85. The summed E-state index contributed by atoms with van der Waals surface area (Å²) in [6.45, 7) is 5.78. The van der Waals surface area contributed by atoms with Crippen LogP contribution in [0.5, 0.6) is 5.75 Å². The van der Waals surface area contributed by atoms with Gasteiger partial charge in [-0.15, -0.1) is 5.10 Å². The van der Waals surface area contributed by atoms with Gasteiger partial charge in [0.2, 0.25) is 0 Å². The average molecular weight is 296 g/mol. The maximum Gasteiger partial charge on any atom is 0.170 e. The predicted octanol–water partition coefficient (Wildman–Crippen LogP) is 2.07. The van der Waals surface area contributed by atoms with Crippen LogP contribution >= 0.6 is 11.6 Å². The minimum absolute atomic E-state index is 0.569. The normalized spacial score (nSPS) is 11.1. The highest BCUT2D eigenvalue weighted by atomic mass is 35.5. The Bertz CT molecular complexity index is 570. The van der Waals surface area contributed by atoms with Gasteiger partial charge in [0.15, 0.2) is 5.82 Å². The molecule has 0 radical (unpaired) electrons. The summed E-state index contributed by atoms with van der Waals surface area (Å²) >= 11 is 6.21. The third kappa shape index (κ3) is 3.46. The van der Waals surface area contributed by atoms with Crippen molar-refractivity contribution < 1.29 is 4.74 Å². The van der Waals surface area contributed by atoms with Crippen molar-refractivity contribution in [1.29, 1.82) is 0 Å². The van der Waals surface area contributed by atoms with Gasteiger partial charge in [-0.2, -0.15) is 4.68 Å². The zero-order valence-corrected chi connectivity index (χ0v) is 12.6. The van der Waals surface area contributed by atoms with Gasteiger partial charge >= 0.3 is 0 Å². The highest BCUT2D eigenvalue weighted by molar-refractivity contribution is 6.32. The number of aromatic nitrogens is 4. The van der Waals surface area contributed by atoms with Gasteiger partial charge in [-0.1, -0.05) is 25.4 Å². The zero-order chi connectivity index (χ0) is 14.5. The van der Waals surface area contributed by atoms with Gasteiger partial charge < -0.3 is 10.1 Å². The SMILES string of the molecule is COc1ccc(Cl)c(-n2nnnc2CNCC(C)C)c1. The molecule has 0 bridgehead atoms. The number of rotatable bonds is 6. The van der Waals surface area contributed by atoms with E-state index < -0.39 is 0 Å². The van der Waals surface area contributed by atoms with Crippen LogP contribution in [0, 0.1) is 5.92 Å². The number of ether oxygens (including phenoxy) is 1. The van der Waals surface area contributed by atoms with E-state index >= 15 is 0 Å². The number of methoxy groups -OCH3 is 1. The third-order valence-corrected chi connectivity index (χ3v) is 3.07. The van der Waals surface area contributed by atoms with Gasteiger partial charge in [0, 0.05) is 6.07 Å². The van der Waals surface area contributed by atoms with Gasteiger partial charge in [0.05, 0.1) is 24.4 Å². The maximum atomic E-state index is 6.21. The molecule has 1 N–H and O–H groups in total. The average Bonchev–Trinajstić information content (AvgIpc) is 2.87. The van der Waals surface area contributed by atoms with Gasteiger partial charge in [-0.3, -0.25) is 0 Å². The van der Waals surface area contributed by atoms with Crippen LogP contribution in [0.2, 0.25) is 5.02 Å². The molecule has 0 spiro atoms. The lowest BCUT2D eigenvalue weighted by atomic mass is 10.2. The van der Waals surface area contributed by atoms with E-state index in [0.29, 0.717) is 34.7 Å². The van der Waals surface area contributed by atoms with Crippen LogP contribution in [0.4, 0.5) is 0 Å². The molecule has 2 rings (SSSR count). The Morgan fingerprint density at radius 2 is 2.20 bits per heavy atom. The first kappa shape index (κ1) is 14.7. The molecular formula is C13H18ClN5O. The van der Waals surface area contributed by atoms with E-state index in [1.165, 1.54) is 0 Å². The summed E-state index contributed by atoms with van der Waals surface area (Å²) in [5.41, 5.74) is 0.706. The zero-order valence-electron chi connectivity index (χ0n) is 11.8. The van der Waals surface area contributed by atoms with E-state index in [0.717, 1.165) is 6.54 Å². The van der Waals surface area contributed by atoms with Crippen LogP contribution in [0.15, 0.2) is 18.2 Å². The van der Waals surface area contributed by atoms with Gasteiger partial charge in [-0.25, -0.2) is 0 Å². The molecular weight excluding hydrogens is 278 g/mol. The molecule has 1 aromatic heterocycles. The first-order valence-corrected chi connectivity index (χ1v) is 6.81.